The molecule has 0 aromatic rings. The highest BCUT2D eigenvalue weighted by atomic mass is 16.7. The van der Waals surface area contributed by atoms with Gasteiger partial charge in [0.2, 0.25) is 0 Å². The molecule has 14 heavy (non-hydrogen) atoms. The van der Waals surface area contributed by atoms with Gasteiger partial charge in [-0.15, -0.1) is 0 Å². The molecule has 0 spiro atoms. The molecular formula is C10H14O4. The van der Waals surface area contributed by atoms with Gasteiger partial charge < -0.3 is 14.6 Å². The molecule has 1 atom stereocenters. The van der Waals surface area contributed by atoms with Crippen molar-refractivity contribution in [2.75, 3.05) is 6.61 Å². The Morgan fingerprint density at radius 1 is 1.50 bits per heavy atom. The van der Waals surface area contributed by atoms with Crippen LogP contribution in [-0.2, 0) is 14.3 Å². The van der Waals surface area contributed by atoms with Crippen LogP contribution < -0.4 is 0 Å². The molecular weight excluding hydrogens is 184 g/mol. The number of rotatable bonds is 3. The van der Waals surface area contributed by atoms with Gasteiger partial charge in [-0.3, -0.25) is 0 Å². The van der Waals surface area contributed by atoms with Crippen molar-refractivity contribution in [3.05, 3.63) is 24.3 Å². The Labute approximate surface area is 82.8 Å². The highest BCUT2D eigenvalue weighted by Crippen LogP contribution is 2.22. The van der Waals surface area contributed by atoms with Crippen LogP contribution in [0.3, 0.4) is 0 Å². The van der Waals surface area contributed by atoms with Crippen LogP contribution in [0.25, 0.3) is 0 Å². The lowest BCUT2D eigenvalue weighted by atomic mass is 10.3. The number of ether oxygens (including phenoxy) is 2. The topological polar surface area (TPSA) is 55.8 Å². The van der Waals surface area contributed by atoms with E-state index in [2.05, 4.69) is 0 Å². The molecule has 1 heterocycles. The lowest BCUT2D eigenvalue weighted by Gasteiger charge is -2.15. The molecule has 1 aliphatic heterocycles. The Morgan fingerprint density at radius 3 is 2.71 bits per heavy atom. The van der Waals surface area contributed by atoms with E-state index in [-0.39, 0.29) is 6.10 Å². The predicted molar refractivity (Wildman–Crippen MR) is 50.8 cm³/mol. The van der Waals surface area contributed by atoms with Gasteiger partial charge in [0.25, 0.3) is 0 Å². The Bertz CT molecular complexity index is 265. The van der Waals surface area contributed by atoms with E-state index in [1.54, 1.807) is 12.2 Å². The Morgan fingerprint density at radius 2 is 2.21 bits per heavy atom. The summed E-state index contributed by atoms with van der Waals surface area (Å²) < 4.78 is 10.8. The molecule has 4 nitrogen and oxygen atoms in total. The molecule has 0 aliphatic carbocycles. The zero-order valence-corrected chi connectivity index (χ0v) is 8.27. The molecule has 0 radical (unpaired) electrons. The van der Waals surface area contributed by atoms with Gasteiger partial charge >= 0.3 is 5.97 Å². The first kappa shape index (κ1) is 10.9. The van der Waals surface area contributed by atoms with Crippen molar-refractivity contribution >= 4 is 5.97 Å². The highest BCUT2D eigenvalue weighted by molar-refractivity contribution is 5.80. The Hall–Kier alpha value is -1.13. The number of carboxylic acid groups (broad SMARTS) is 1. The maximum atomic E-state index is 10.1. The van der Waals surface area contributed by atoms with Crippen molar-refractivity contribution in [1.82, 2.24) is 0 Å². The lowest BCUT2D eigenvalue weighted by molar-refractivity contribution is -0.133. The zero-order valence-electron chi connectivity index (χ0n) is 8.27. The summed E-state index contributed by atoms with van der Waals surface area (Å²) in [5.74, 6) is -1.50. The van der Waals surface area contributed by atoms with Crippen LogP contribution in [0, 0.1) is 0 Å². The smallest absolute Gasteiger partial charge is 0.328 e. The average Bonchev–Trinajstić information content (AvgIpc) is 2.39. The van der Waals surface area contributed by atoms with E-state index < -0.39 is 11.8 Å². The first-order valence-corrected chi connectivity index (χ1v) is 4.39. The van der Waals surface area contributed by atoms with E-state index in [9.17, 15) is 4.79 Å². The van der Waals surface area contributed by atoms with Crippen LogP contribution in [0.4, 0.5) is 0 Å². The van der Waals surface area contributed by atoms with Crippen LogP contribution >= 0.6 is 0 Å². The van der Waals surface area contributed by atoms with E-state index >= 15 is 0 Å². The van der Waals surface area contributed by atoms with Gasteiger partial charge in [-0.05, 0) is 13.8 Å². The third kappa shape index (κ3) is 3.72. The summed E-state index contributed by atoms with van der Waals surface area (Å²) in [5.41, 5.74) is 0. The fourth-order valence-corrected chi connectivity index (χ4v) is 1.14. The molecule has 1 saturated heterocycles. The standard InChI is InChI=1S/C10H14O4/c1-10(2)13-7-8(14-10)5-3-4-6-9(11)12/h3-6,8H,7H2,1-2H3,(H,11,12)/b5-3+,6-4+. The fourth-order valence-electron chi connectivity index (χ4n) is 1.14. The molecule has 1 rings (SSSR count). The van der Waals surface area contributed by atoms with E-state index in [0.29, 0.717) is 6.61 Å². The van der Waals surface area contributed by atoms with Crippen molar-refractivity contribution in [2.45, 2.75) is 25.7 Å². The first-order valence-electron chi connectivity index (χ1n) is 4.39. The molecule has 1 fully saturated rings. The predicted octanol–water partition coefficient (Wildman–Crippen LogP) is 1.33. The normalized spacial score (nSPS) is 26.3. The van der Waals surface area contributed by atoms with Crippen LogP contribution in [0.2, 0.25) is 0 Å². The summed E-state index contributed by atoms with van der Waals surface area (Å²) in [5, 5.41) is 8.31. The maximum Gasteiger partial charge on any atom is 0.328 e. The largest absolute Gasteiger partial charge is 0.478 e. The molecule has 1 aliphatic rings. The van der Waals surface area contributed by atoms with E-state index in [1.807, 2.05) is 13.8 Å². The molecule has 0 amide bonds. The molecule has 0 aromatic carbocycles. The average molecular weight is 198 g/mol. The lowest BCUT2D eigenvalue weighted by Crippen LogP contribution is -2.20. The minimum atomic E-state index is -0.960. The summed E-state index contributed by atoms with van der Waals surface area (Å²) in [4.78, 5) is 10.1. The van der Waals surface area contributed by atoms with E-state index in [1.165, 1.54) is 6.08 Å². The van der Waals surface area contributed by atoms with E-state index in [4.69, 9.17) is 14.6 Å². The zero-order chi connectivity index (χ0) is 10.6. The first-order chi connectivity index (χ1) is 6.49. The molecule has 1 unspecified atom stereocenters. The third-order valence-electron chi connectivity index (χ3n) is 1.71. The van der Waals surface area contributed by atoms with Gasteiger partial charge in [-0.25, -0.2) is 4.79 Å². The number of carbonyl (C=O) groups is 1. The molecule has 4 heteroatoms. The molecule has 1 N–H and O–H groups in total. The summed E-state index contributed by atoms with van der Waals surface area (Å²) in [6.07, 6.45) is 5.84. The van der Waals surface area contributed by atoms with Crippen molar-refractivity contribution in [2.24, 2.45) is 0 Å². The second-order valence-electron chi connectivity index (χ2n) is 3.45. The van der Waals surface area contributed by atoms with Gasteiger partial charge in [-0.1, -0.05) is 18.2 Å². The second kappa shape index (κ2) is 4.39. The van der Waals surface area contributed by atoms with Crippen LogP contribution in [0.15, 0.2) is 24.3 Å². The summed E-state index contributed by atoms with van der Waals surface area (Å²) in [7, 11) is 0. The second-order valence-corrected chi connectivity index (χ2v) is 3.45. The number of allylic oxidation sites excluding steroid dienone is 2. The Kier molecular flexibility index (Phi) is 3.43. The fraction of sp³-hybridized carbons (Fsp3) is 0.500. The van der Waals surface area contributed by atoms with Gasteiger partial charge in [0, 0.05) is 6.08 Å². The molecule has 0 bridgehead atoms. The summed E-state index contributed by atoms with van der Waals surface area (Å²) >= 11 is 0. The van der Waals surface area contributed by atoms with Crippen molar-refractivity contribution in [3.63, 3.8) is 0 Å². The molecule has 0 aromatic heterocycles. The quantitative estimate of drug-likeness (QED) is 0.549. The molecule has 0 saturated carbocycles. The third-order valence-corrected chi connectivity index (χ3v) is 1.71. The number of aliphatic carboxylic acids is 1. The SMILES string of the molecule is CC1(C)OCC(/C=C/C=C/C(=O)O)O1. The minimum absolute atomic E-state index is 0.0940. The van der Waals surface area contributed by atoms with Crippen molar-refractivity contribution in [3.8, 4) is 0 Å². The van der Waals surface area contributed by atoms with Gasteiger partial charge in [-0.2, -0.15) is 0 Å². The number of hydrogen-bond acceptors (Lipinski definition) is 3. The number of carboxylic acids is 1. The van der Waals surface area contributed by atoms with Gasteiger partial charge in [0.15, 0.2) is 5.79 Å². The van der Waals surface area contributed by atoms with Crippen molar-refractivity contribution < 1.29 is 19.4 Å². The van der Waals surface area contributed by atoms with E-state index in [0.717, 1.165) is 6.08 Å². The number of hydrogen-bond donors (Lipinski definition) is 1. The van der Waals surface area contributed by atoms with Gasteiger partial charge in [0.05, 0.1) is 6.61 Å². The van der Waals surface area contributed by atoms with Gasteiger partial charge in [0.1, 0.15) is 6.10 Å². The van der Waals surface area contributed by atoms with Crippen LogP contribution in [0.1, 0.15) is 13.8 Å². The minimum Gasteiger partial charge on any atom is -0.478 e. The monoisotopic (exact) mass is 198 g/mol. The van der Waals surface area contributed by atoms with Crippen LogP contribution in [-0.4, -0.2) is 29.6 Å². The summed E-state index contributed by atoms with van der Waals surface area (Å²) in [6, 6.07) is 0. The van der Waals surface area contributed by atoms with Crippen LogP contribution in [0.5, 0.6) is 0 Å². The molecule has 78 valence electrons. The Balaban J connectivity index is 2.36. The highest BCUT2D eigenvalue weighted by Gasteiger charge is 2.30. The van der Waals surface area contributed by atoms with Crippen molar-refractivity contribution in [1.29, 1.82) is 0 Å². The summed E-state index contributed by atoms with van der Waals surface area (Å²) in [6.45, 7) is 4.19. The maximum absolute atomic E-state index is 10.1.